The van der Waals surface area contributed by atoms with E-state index in [-0.39, 0.29) is 15.8 Å². The highest BCUT2D eigenvalue weighted by molar-refractivity contribution is 7.16. The van der Waals surface area contributed by atoms with Crippen molar-refractivity contribution >= 4 is 59.7 Å². The van der Waals surface area contributed by atoms with Gasteiger partial charge in [-0.05, 0) is 60.0 Å². The van der Waals surface area contributed by atoms with Crippen LogP contribution in [0.2, 0.25) is 0 Å². The lowest BCUT2D eigenvalue weighted by Crippen LogP contribution is -2.29. The van der Waals surface area contributed by atoms with E-state index in [1.165, 1.54) is 33.6 Å². The third-order valence-corrected chi connectivity index (χ3v) is 8.54. The predicted octanol–water partition coefficient (Wildman–Crippen LogP) is 6.14. The first-order valence-electron chi connectivity index (χ1n) is 12.7. The molecule has 0 bridgehead atoms. The van der Waals surface area contributed by atoms with Crippen molar-refractivity contribution in [3.63, 3.8) is 0 Å². The third kappa shape index (κ3) is 4.90. The quantitative estimate of drug-likeness (QED) is 0.177. The molecule has 40 heavy (non-hydrogen) atoms. The van der Waals surface area contributed by atoms with Crippen molar-refractivity contribution in [3.8, 4) is 16.9 Å². The Hall–Kier alpha value is -4.67. The number of benzene rings is 3. The maximum Gasteiger partial charge on any atom is 0.305 e. The summed E-state index contributed by atoms with van der Waals surface area (Å²) >= 11 is 2.39. The molecule has 7 aromatic rings. The van der Waals surface area contributed by atoms with Crippen LogP contribution in [0.5, 0.6) is 5.75 Å². The Morgan fingerprint density at radius 3 is 2.45 bits per heavy atom. The van der Waals surface area contributed by atoms with Gasteiger partial charge in [-0.3, -0.25) is 14.6 Å². The van der Waals surface area contributed by atoms with E-state index in [9.17, 15) is 9.59 Å². The molecular formula is C30H23N5O3S2. The second kappa shape index (κ2) is 10.1. The second-order valence-electron chi connectivity index (χ2n) is 9.58. The zero-order chi connectivity index (χ0) is 27.1. The number of anilines is 1. The molecule has 0 radical (unpaired) electrons. The lowest BCUT2D eigenvalue weighted by molar-refractivity contribution is 0.295. The van der Waals surface area contributed by atoms with Crippen molar-refractivity contribution in [1.29, 1.82) is 0 Å². The Kier molecular flexibility index (Phi) is 6.18. The number of aromatic amines is 3. The topological polar surface area (TPSA) is 116 Å². The van der Waals surface area contributed by atoms with Gasteiger partial charge in [0.25, 0.3) is 0 Å². The van der Waals surface area contributed by atoms with Gasteiger partial charge in [0.05, 0.1) is 32.7 Å². The zero-order valence-electron chi connectivity index (χ0n) is 21.1. The minimum absolute atomic E-state index is 0.0653. The maximum absolute atomic E-state index is 11.8. The number of ether oxygens (including phenoxy) is 1. The number of H-pyrrole nitrogens is 3. The Morgan fingerprint density at radius 2 is 1.60 bits per heavy atom. The van der Waals surface area contributed by atoms with E-state index in [1.807, 2.05) is 60.8 Å². The van der Waals surface area contributed by atoms with E-state index in [4.69, 9.17) is 4.74 Å². The highest BCUT2D eigenvalue weighted by Gasteiger charge is 2.15. The molecule has 0 saturated heterocycles. The molecule has 8 nitrogen and oxygen atoms in total. The first-order valence-corrected chi connectivity index (χ1v) is 14.4. The molecule has 1 atom stereocenters. The predicted molar refractivity (Wildman–Crippen MR) is 163 cm³/mol. The molecule has 0 fully saturated rings. The Labute approximate surface area is 235 Å². The first-order chi connectivity index (χ1) is 19.6. The van der Waals surface area contributed by atoms with Gasteiger partial charge in [0, 0.05) is 34.5 Å². The molecule has 0 aliphatic carbocycles. The molecule has 3 aromatic carbocycles. The fraction of sp³-hybridized carbons (Fsp3) is 0.100. The second-order valence-corrected chi connectivity index (χ2v) is 11.6. The lowest BCUT2D eigenvalue weighted by Gasteiger charge is -2.21. The minimum Gasteiger partial charge on any atom is -0.490 e. The van der Waals surface area contributed by atoms with Crippen molar-refractivity contribution in [1.82, 2.24) is 19.9 Å². The van der Waals surface area contributed by atoms with Crippen molar-refractivity contribution in [3.05, 3.63) is 110 Å². The van der Waals surface area contributed by atoms with Crippen LogP contribution in [0.25, 0.3) is 42.5 Å². The SMILES string of the molecule is O=c1[nH]c2ccc(N[C@H](COc3cncc(-c4ccc5[nH]c(=O)sc5c4)c3)Cc3c[nH]c4ccccc34)cc2s1. The average molecular weight is 566 g/mol. The van der Waals surface area contributed by atoms with Crippen LogP contribution in [-0.4, -0.2) is 32.6 Å². The molecule has 0 spiro atoms. The van der Waals surface area contributed by atoms with Crippen LogP contribution in [0.15, 0.2) is 94.9 Å². The van der Waals surface area contributed by atoms with Crippen molar-refractivity contribution in [2.24, 2.45) is 0 Å². The molecule has 4 heterocycles. The number of pyridine rings is 1. The van der Waals surface area contributed by atoms with Crippen LogP contribution < -0.4 is 19.8 Å². The summed E-state index contributed by atoms with van der Waals surface area (Å²) in [5, 5.41) is 4.80. The molecule has 4 N–H and O–H groups in total. The van der Waals surface area contributed by atoms with Gasteiger partial charge in [0.1, 0.15) is 12.4 Å². The molecule has 0 saturated carbocycles. The van der Waals surface area contributed by atoms with Crippen LogP contribution >= 0.6 is 22.7 Å². The standard InChI is InChI=1S/C30H23N5O3S2/c36-29-34-25-7-5-17(11-27(25)39-29)18-10-22(15-31-13-18)38-16-21(9-19-14-32-24-4-2-1-3-23(19)24)33-20-6-8-26-28(12-20)40-30(37)35-26/h1-8,10-15,21,32-33H,9,16H2,(H,34,36)(H,35,37)/t21-/m0/s1. The smallest absolute Gasteiger partial charge is 0.305 e. The number of nitrogens with zero attached hydrogens (tertiary/aromatic N) is 1. The molecule has 0 amide bonds. The van der Waals surface area contributed by atoms with E-state index in [0.717, 1.165) is 49.2 Å². The Morgan fingerprint density at radius 1 is 0.825 bits per heavy atom. The number of aromatic nitrogens is 4. The number of para-hydroxylation sites is 1. The molecule has 0 aliphatic rings. The molecule has 0 unspecified atom stereocenters. The maximum atomic E-state index is 11.8. The lowest BCUT2D eigenvalue weighted by atomic mass is 10.0. The van der Waals surface area contributed by atoms with Crippen molar-refractivity contribution in [2.45, 2.75) is 12.5 Å². The number of fused-ring (bicyclic) bond motifs is 3. The van der Waals surface area contributed by atoms with E-state index in [0.29, 0.717) is 12.4 Å². The Balaban J connectivity index is 1.15. The van der Waals surface area contributed by atoms with E-state index in [2.05, 4.69) is 37.4 Å². The fourth-order valence-electron chi connectivity index (χ4n) is 4.97. The third-order valence-electron chi connectivity index (χ3n) is 6.85. The van der Waals surface area contributed by atoms with Gasteiger partial charge >= 0.3 is 9.75 Å². The molecule has 0 aliphatic heterocycles. The number of hydrogen-bond acceptors (Lipinski definition) is 7. The van der Waals surface area contributed by atoms with Crippen LogP contribution in [0.3, 0.4) is 0 Å². The summed E-state index contributed by atoms with van der Waals surface area (Å²) in [7, 11) is 0. The van der Waals surface area contributed by atoms with Gasteiger partial charge in [-0.25, -0.2) is 0 Å². The van der Waals surface area contributed by atoms with E-state index in [1.54, 1.807) is 12.4 Å². The van der Waals surface area contributed by atoms with E-state index < -0.39 is 0 Å². The summed E-state index contributed by atoms with van der Waals surface area (Å²) < 4.78 is 8.11. The largest absolute Gasteiger partial charge is 0.490 e. The summed E-state index contributed by atoms with van der Waals surface area (Å²) in [4.78, 5) is 36.9. The average Bonchev–Trinajstić information content (AvgIpc) is 3.66. The molecule has 7 rings (SSSR count). The number of rotatable bonds is 8. The fourth-order valence-corrected chi connectivity index (χ4v) is 6.52. The summed E-state index contributed by atoms with van der Waals surface area (Å²) in [6.07, 6.45) is 6.28. The van der Waals surface area contributed by atoms with Gasteiger partial charge in [-0.15, -0.1) is 0 Å². The van der Waals surface area contributed by atoms with E-state index >= 15 is 0 Å². The molecular weight excluding hydrogens is 542 g/mol. The molecule has 10 heteroatoms. The van der Waals surface area contributed by atoms with Crippen molar-refractivity contribution < 1.29 is 4.74 Å². The summed E-state index contributed by atoms with van der Waals surface area (Å²) in [6, 6.07) is 21.9. The normalized spacial score (nSPS) is 12.3. The van der Waals surface area contributed by atoms with Crippen LogP contribution in [0.1, 0.15) is 5.56 Å². The monoisotopic (exact) mass is 565 g/mol. The summed E-state index contributed by atoms with van der Waals surface area (Å²) in [6.45, 7) is 0.393. The van der Waals surface area contributed by atoms with Gasteiger partial charge < -0.3 is 25.0 Å². The zero-order valence-corrected chi connectivity index (χ0v) is 22.7. The van der Waals surface area contributed by atoms with Crippen molar-refractivity contribution in [2.75, 3.05) is 11.9 Å². The number of nitrogens with one attached hydrogen (secondary N) is 4. The highest BCUT2D eigenvalue weighted by atomic mass is 32.1. The first kappa shape index (κ1) is 24.4. The molecule has 198 valence electrons. The Bertz CT molecular complexity index is 2100. The number of hydrogen-bond donors (Lipinski definition) is 4. The van der Waals surface area contributed by atoms with Gasteiger partial charge in [0.2, 0.25) is 0 Å². The highest BCUT2D eigenvalue weighted by Crippen LogP contribution is 2.28. The van der Waals surface area contributed by atoms with Gasteiger partial charge in [-0.1, -0.05) is 46.9 Å². The molecule has 4 aromatic heterocycles. The minimum atomic E-state index is -0.0686. The summed E-state index contributed by atoms with van der Waals surface area (Å²) in [5.41, 5.74) is 6.74. The van der Waals surface area contributed by atoms with Crippen LogP contribution in [0, 0.1) is 0 Å². The summed E-state index contributed by atoms with van der Waals surface area (Å²) in [5.74, 6) is 0.657. The van der Waals surface area contributed by atoms with Gasteiger partial charge in [-0.2, -0.15) is 0 Å². The van der Waals surface area contributed by atoms with Crippen LogP contribution in [0.4, 0.5) is 5.69 Å². The van der Waals surface area contributed by atoms with Crippen LogP contribution in [-0.2, 0) is 6.42 Å². The van der Waals surface area contributed by atoms with Gasteiger partial charge in [0.15, 0.2) is 0 Å². The number of thiazole rings is 2.